The Morgan fingerprint density at radius 3 is 2.75 bits per heavy atom. The number of fused-ring (bicyclic) bond motifs is 1. The summed E-state index contributed by atoms with van der Waals surface area (Å²) in [6.07, 6.45) is 1.37. The molecule has 2 aromatic carbocycles. The smallest absolute Gasteiger partial charge is 0.133 e. The average molecular weight is 285 g/mol. The zero-order valence-corrected chi connectivity index (χ0v) is 12.2. The first kappa shape index (κ1) is 13.5. The first-order chi connectivity index (χ1) is 9.92. The molecule has 20 heavy (non-hydrogen) atoms. The van der Waals surface area contributed by atoms with Gasteiger partial charge in [-0.15, -0.1) is 11.8 Å². The van der Waals surface area contributed by atoms with Crippen LogP contribution >= 0.6 is 11.8 Å². The molecule has 1 N–H and O–H groups in total. The van der Waals surface area contributed by atoms with Crippen LogP contribution in [0.3, 0.4) is 0 Å². The molecule has 0 aliphatic carbocycles. The topological polar surface area (TPSA) is 21.3 Å². The van der Waals surface area contributed by atoms with Crippen LogP contribution in [0.4, 0.5) is 0 Å². The summed E-state index contributed by atoms with van der Waals surface area (Å²) >= 11 is 1.90. The van der Waals surface area contributed by atoms with Crippen molar-refractivity contribution in [3.63, 3.8) is 0 Å². The van der Waals surface area contributed by atoms with Gasteiger partial charge in [0.1, 0.15) is 11.9 Å². The number of ether oxygens (including phenoxy) is 1. The lowest BCUT2D eigenvalue weighted by Crippen LogP contribution is -2.28. The molecule has 0 bridgehead atoms. The van der Waals surface area contributed by atoms with E-state index in [0.29, 0.717) is 6.10 Å². The maximum absolute atomic E-state index is 6.02. The molecule has 0 aromatic heterocycles. The average Bonchev–Trinajstić information content (AvgIpc) is 2.52. The Morgan fingerprint density at radius 2 is 1.85 bits per heavy atom. The summed E-state index contributed by atoms with van der Waals surface area (Å²) in [6.45, 7) is 1.92. The van der Waals surface area contributed by atoms with E-state index in [4.69, 9.17) is 4.74 Å². The van der Waals surface area contributed by atoms with Gasteiger partial charge in [-0.2, -0.15) is 0 Å². The van der Waals surface area contributed by atoms with E-state index in [9.17, 15) is 0 Å². The molecular formula is C17H19NOS. The first-order valence-electron chi connectivity index (χ1n) is 7.05. The molecule has 0 saturated carbocycles. The molecule has 2 nitrogen and oxygen atoms in total. The lowest BCUT2D eigenvalue weighted by molar-refractivity contribution is 0.204. The number of thioether (sulfide) groups is 1. The van der Waals surface area contributed by atoms with Crippen LogP contribution in [0, 0.1) is 0 Å². The van der Waals surface area contributed by atoms with Gasteiger partial charge in [0.25, 0.3) is 0 Å². The van der Waals surface area contributed by atoms with Crippen molar-refractivity contribution in [2.45, 2.75) is 24.0 Å². The summed E-state index contributed by atoms with van der Waals surface area (Å²) in [7, 11) is 0. The molecule has 0 unspecified atom stereocenters. The van der Waals surface area contributed by atoms with Crippen molar-refractivity contribution in [2.75, 3.05) is 12.3 Å². The lowest BCUT2D eigenvalue weighted by Gasteiger charge is -2.25. The van der Waals surface area contributed by atoms with Crippen LogP contribution in [-0.2, 0) is 6.54 Å². The van der Waals surface area contributed by atoms with Gasteiger partial charge in [-0.1, -0.05) is 42.5 Å². The second-order valence-electron chi connectivity index (χ2n) is 4.95. The Bertz CT molecular complexity index is 544. The van der Waals surface area contributed by atoms with Gasteiger partial charge in [0.05, 0.1) is 0 Å². The molecule has 0 spiro atoms. The highest BCUT2D eigenvalue weighted by Crippen LogP contribution is 2.35. The summed E-state index contributed by atoms with van der Waals surface area (Å²) in [5.41, 5.74) is 1.33. The molecule has 0 radical (unpaired) electrons. The van der Waals surface area contributed by atoms with Crippen molar-refractivity contribution in [1.82, 2.24) is 5.32 Å². The maximum Gasteiger partial charge on any atom is 0.133 e. The maximum atomic E-state index is 6.02. The molecule has 0 fully saturated rings. The van der Waals surface area contributed by atoms with E-state index >= 15 is 0 Å². The molecule has 0 saturated heterocycles. The second-order valence-corrected chi connectivity index (χ2v) is 6.01. The molecule has 104 valence electrons. The van der Waals surface area contributed by atoms with Gasteiger partial charge in [-0.25, -0.2) is 0 Å². The van der Waals surface area contributed by atoms with Crippen LogP contribution in [0.1, 0.15) is 12.0 Å². The van der Waals surface area contributed by atoms with Gasteiger partial charge in [0, 0.05) is 17.2 Å². The highest BCUT2D eigenvalue weighted by Gasteiger charge is 2.19. The van der Waals surface area contributed by atoms with Gasteiger partial charge in [0.15, 0.2) is 0 Å². The Hall–Kier alpha value is -1.45. The second kappa shape index (κ2) is 6.82. The number of para-hydroxylation sites is 1. The van der Waals surface area contributed by atoms with Crippen LogP contribution in [-0.4, -0.2) is 18.4 Å². The van der Waals surface area contributed by atoms with Gasteiger partial charge in [-0.3, -0.25) is 0 Å². The summed E-state index contributed by atoms with van der Waals surface area (Å²) < 4.78 is 6.02. The summed E-state index contributed by atoms with van der Waals surface area (Å²) in [6, 6.07) is 18.8. The Morgan fingerprint density at radius 1 is 1.05 bits per heavy atom. The normalized spacial score (nSPS) is 17.3. The van der Waals surface area contributed by atoms with Crippen molar-refractivity contribution in [3.8, 4) is 5.75 Å². The quantitative estimate of drug-likeness (QED) is 0.846. The van der Waals surface area contributed by atoms with Crippen LogP contribution in [0.15, 0.2) is 59.5 Å². The van der Waals surface area contributed by atoms with Gasteiger partial charge in [0.2, 0.25) is 0 Å². The van der Waals surface area contributed by atoms with E-state index < -0.39 is 0 Å². The van der Waals surface area contributed by atoms with Crippen LogP contribution in [0.5, 0.6) is 5.75 Å². The van der Waals surface area contributed by atoms with E-state index in [1.165, 1.54) is 10.5 Å². The molecule has 3 heteroatoms. The fraction of sp³-hybridized carbons (Fsp3) is 0.294. The van der Waals surface area contributed by atoms with E-state index in [1.54, 1.807) is 0 Å². The first-order valence-corrected chi connectivity index (χ1v) is 8.03. The minimum absolute atomic E-state index is 0.318. The predicted octanol–water partition coefficient (Wildman–Crippen LogP) is 3.72. The molecule has 1 atom stereocenters. The minimum Gasteiger partial charge on any atom is -0.488 e. The van der Waals surface area contributed by atoms with Crippen molar-refractivity contribution < 1.29 is 4.74 Å². The highest BCUT2D eigenvalue weighted by molar-refractivity contribution is 7.99. The van der Waals surface area contributed by atoms with Gasteiger partial charge >= 0.3 is 0 Å². The van der Waals surface area contributed by atoms with Crippen molar-refractivity contribution in [2.24, 2.45) is 0 Å². The third kappa shape index (κ3) is 3.56. The fourth-order valence-electron chi connectivity index (χ4n) is 2.30. The Labute approximate surface area is 124 Å². The summed E-state index contributed by atoms with van der Waals surface area (Å²) in [5.74, 6) is 2.08. The lowest BCUT2D eigenvalue weighted by atomic mass is 10.2. The van der Waals surface area contributed by atoms with E-state index in [-0.39, 0.29) is 0 Å². The van der Waals surface area contributed by atoms with Gasteiger partial charge < -0.3 is 10.1 Å². The zero-order valence-electron chi connectivity index (χ0n) is 11.4. The van der Waals surface area contributed by atoms with Crippen LogP contribution < -0.4 is 10.1 Å². The number of rotatable bonds is 5. The summed E-state index contributed by atoms with van der Waals surface area (Å²) in [4.78, 5) is 1.26. The van der Waals surface area contributed by atoms with Crippen molar-refractivity contribution in [1.29, 1.82) is 0 Å². The number of benzene rings is 2. The molecular weight excluding hydrogens is 266 g/mol. The SMILES string of the molecule is c1ccc(CNCC[C@H]2CSc3ccccc3O2)cc1. The molecule has 0 amide bonds. The monoisotopic (exact) mass is 285 g/mol. The number of hydrogen-bond acceptors (Lipinski definition) is 3. The molecule has 1 aliphatic heterocycles. The number of hydrogen-bond donors (Lipinski definition) is 1. The largest absolute Gasteiger partial charge is 0.488 e. The van der Waals surface area contributed by atoms with Gasteiger partial charge in [-0.05, 0) is 30.7 Å². The van der Waals surface area contributed by atoms with Crippen molar-refractivity contribution >= 4 is 11.8 Å². The molecule has 2 aromatic rings. The molecule has 3 rings (SSSR count). The molecule has 1 heterocycles. The van der Waals surface area contributed by atoms with Crippen molar-refractivity contribution in [3.05, 3.63) is 60.2 Å². The zero-order chi connectivity index (χ0) is 13.6. The molecule has 1 aliphatic rings. The Balaban J connectivity index is 1.42. The summed E-state index contributed by atoms with van der Waals surface area (Å²) in [5, 5.41) is 3.48. The third-order valence-corrected chi connectivity index (χ3v) is 4.57. The van der Waals surface area contributed by atoms with E-state index in [0.717, 1.165) is 31.0 Å². The van der Waals surface area contributed by atoms with Crippen LogP contribution in [0.25, 0.3) is 0 Å². The predicted molar refractivity (Wildman–Crippen MR) is 84.3 cm³/mol. The third-order valence-electron chi connectivity index (χ3n) is 3.38. The Kier molecular flexibility index (Phi) is 4.61. The van der Waals surface area contributed by atoms with E-state index in [2.05, 4.69) is 47.8 Å². The number of nitrogens with one attached hydrogen (secondary N) is 1. The fourth-order valence-corrected chi connectivity index (χ4v) is 3.33. The minimum atomic E-state index is 0.318. The van der Waals surface area contributed by atoms with E-state index in [1.807, 2.05) is 23.9 Å². The standard InChI is InChI=1S/C17H19NOS/c1-2-6-14(7-3-1)12-18-11-10-15-13-20-17-9-5-4-8-16(17)19-15/h1-9,15,18H,10-13H2/t15-/m0/s1. The highest BCUT2D eigenvalue weighted by atomic mass is 32.2. The van der Waals surface area contributed by atoms with Crippen LogP contribution in [0.2, 0.25) is 0 Å².